The van der Waals surface area contributed by atoms with Crippen molar-refractivity contribution in [2.75, 3.05) is 0 Å². The SMILES string of the molecule is O=C1CCC2C(=O)C1(Cc1ccccc1)Cc1ccccc12. The van der Waals surface area contributed by atoms with E-state index >= 15 is 0 Å². The Morgan fingerprint density at radius 2 is 1.68 bits per heavy atom. The molecule has 2 aromatic carbocycles. The molecule has 2 heteroatoms. The molecule has 0 aromatic heterocycles. The maximum Gasteiger partial charge on any atom is 0.154 e. The highest BCUT2D eigenvalue weighted by molar-refractivity contribution is 6.13. The van der Waals surface area contributed by atoms with Crippen LogP contribution in [0.3, 0.4) is 0 Å². The fourth-order valence-electron chi connectivity index (χ4n) is 4.15. The van der Waals surface area contributed by atoms with Crippen molar-refractivity contribution in [2.45, 2.75) is 31.6 Å². The van der Waals surface area contributed by atoms with E-state index in [4.69, 9.17) is 0 Å². The third kappa shape index (κ3) is 1.87. The molecule has 0 radical (unpaired) electrons. The van der Waals surface area contributed by atoms with E-state index in [1.807, 2.05) is 42.5 Å². The van der Waals surface area contributed by atoms with Crippen LogP contribution in [0.2, 0.25) is 0 Å². The molecule has 2 aromatic rings. The lowest BCUT2D eigenvalue weighted by Gasteiger charge is -2.43. The summed E-state index contributed by atoms with van der Waals surface area (Å²) in [7, 11) is 0. The lowest BCUT2D eigenvalue weighted by molar-refractivity contribution is -0.146. The Kier molecular flexibility index (Phi) is 3.00. The fraction of sp³-hybridized carbons (Fsp3) is 0.300. The maximum atomic E-state index is 13.1. The zero-order valence-corrected chi connectivity index (χ0v) is 12.4. The molecule has 0 spiro atoms. The molecule has 1 fully saturated rings. The van der Waals surface area contributed by atoms with Gasteiger partial charge in [0.1, 0.15) is 5.78 Å². The Morgan fingerprint density at radius 3 is 2.50 bits per heavy atom. The molecule has 0 heterocycles. The molecule has 0 amide bonds. The first-order valence-corrected chi connectivity index (χ1v) is 7.90. The Hall–Kier alpha value is -2.22. The average Bonchev–Trinajstić information content (AvgIpc) is 2.54. The first-order chi connectivity index (χ1) is 10.7. The minimum atomic E-state index is -0.835. The number of ketones is 2. The maximum absolute atomic E-state index is 13.1. The van der Waals surface area contributed by atoms with Gasteiger partial charge in [0.2, 0.25) is 0 Å². The van der Waals surface area contributed by atoms with Crippen molar-refractivity contribution in [3.05, 3.63) is 71.3 Å². The quantitative estimate of drug-likeness (QED) is 0.793. The van der Waals surface area contributed by atoms with Crippen molar-refractivity contribution < 1.29 is 9.59 Å². The van der Waals surface area contributed by atoms with E-state index in [-0.39, 0.29) is 17.5 Å². The van der Waals surface area contributed by atoms with E-state index in [0.29, 0.717) is 25.7 Å². The second-order valence-electron chi connectivity index (χ2n) is 6.50. The highest BCUT2D eigenvalue weighted by Gasteiger charge is 2.54. The van der Waals surface area contributed by atoms with Crippen molar-refractivity contribution in [1.82, 2.24) is 0 Å². The number of hydrogen-bond donors (Lipinski definition) is 0. The average molecular weight is 290 g/mol. The van der Waals surface area contributed by atoms with Gasteiger partial charge < -0.3 is 0 Å². The standard InChI is InChI=1S/C20H18O2/c21-18-11-10-17-16-9-5-4-8-15(16)13-20(18,19(17)22)12-14-6-2-1-3-7-14/h1-9,17H,10-13H2. The number of hydrogen-bond acceptors (Lipinski definition) is 2. The summed E-state index contributed by atoms with van der Waals surface area (Å²) >= 11 is 0. The van der Waals surface area contributed by atoms with Crippen LogP contribution in [-0.2, 0) is 22.4 Å². The molecule has 1 saturated carbocycles. The predicted molar refractivity (Wildman–Crippen MR) is 84.7 cm³/mol. The van der Waals surface area contributed by atoms with Gasteiger partial charge in [-0.15, -0.1) is 0 Å². The smallest absolute Gasteiger partial charge is 0.154 e. The van der Waals surface area contributed by atoms with E-state index in [1.165, 1.54) is 5.56 Å². The van der Waals surface area contributed by atoms with Gasteiger partial charge in [-0.2, -0.15) is 0 Å². The molecular formula is C20H18O2. The van der Waals surface area contributed by atoms with Gasteiger partial charge in [-0.05, 0) is 36.0 Å². The molecular weight excluding hydrogens is 272 g/mol. The van der Waals surface area contributed by atoms with Gasteiger partial charge >= 0.3 is 0 Å². The van der Waals surface area contributed by atoms with Crippen LogP contribution in [0.25, 0.3) is 0 Å². The van der Waals surface area contributed by atoms with Crippen molar-refractivity contribution in [3.63, 3.8) is 0 Å². The first-order valence-electron chi connectivity index (χ1n) is 7.90. The van der Waals surface area contributed by atoms with Crippen LogP contribution in [0.1, 0.15) is 35.4 Å². The topological polar surface area (TPSA) is 34.1 Å². The molecule has 0 N–H and O–H groups in total. The normalized spacial score (nSPS) is 26.6. The molecule has 4 rings (SSSR count). The highest BCUT2D eigenvalue weighted by atomic mass is 16.2. The fourth-order valence-corrected chi connectivity index (χ4v) is 4.15. The van der Waals surface area contributed by atoms with Gasteiger partial charge in [0.25, 0.3) is 0 Å². The Morgan fingerprint density at radius 1 is 0.955 bits per heavy atom. The van der Waals surface area contributed by atoms with Gasteiger partial charge in [0.15, 0.2) is 5.78 Å². The summed E-state index contributed by atoms with van der Waals surface area (Å²) in [6.07, 6.45) is 2.30. The van der Waals surface area contributed by atoms with Crippen molar-refractivity contribution in [2.24, 2.45) is 5.41 Å². The molecule has 0 saturated heterocycles. The molecule has 2 bridgehead atoms. The Bertz CT molecular complexity index is 747. The summed E-state index contributed by atoms with van der Waals surface area (Å²) in [5, 5.41) is 0. The molecule has 2 nitrogen and oxygen atoms in total. The molecule has 0 aliphatic heterocycles. The molecule has 2 atom stereocenters. The zero-order valence-electron chi connectivity index (χ0n) is 12.4. The molecule has 110 valence electrons. The molecule has 22 heavy (non-hydrogen) atoms. The van der Waals surface area contributed by atoms with Crippen LogP contribution >= 0.6 is 0 Å². The Labute approximate surface area is 130 Å². The summed E-state index contributed by atoms with van der Waals surface area (Å²) in [6.45, 7) is 0. The minimum absolute atomic E-state index is 0.0913. The lowest BCUT2D eigenvalue weighted by Crippen LogP contribution is -2.52. The monoisotopic (exact) mass is 290 g/mol. The molecule has 2 aliphatic rings. The van der Waals surface area contributed by atoms with E-state index in [1.54, 1.807) is 0 Å². The van der Waals surface area contributed by atoms with E-state index in [2.05, 4.69) is 12.1 Å². The zero-order chi connectivity index (χ0) is 15.2. The number of carbonyl (C=O) groups is 2. The lowest BCUT2D eigenvalue weighted by atomic mass is 9.56. The van der Waals surface area contributed by atoms with Gasteiger partial charge in [0.05, 0.1) is 5.41 Å². The van der Waals surface area contributed by atoms with Crippen LogP contribution in [0.15, 0.2) is 54.6 Å². The second-order valence-corrected chi connectivity index (χ2v) is 6.50. The highest BCUT2D eigenvalue weighted by Crippen LogP contribution is 2.48. The van der Waals surface area contributed by atoms with Crippen molar-refractivity contribution in [3.8, 4) is 0 Å². The summed E-state index contributed by atoms with van der Waals surface area (Å²) < 4.78 is 0. The number of carbonyl (C=O) groups excluding carboxylic acids is 2. The summed E-state index contributed by atoms with van der Waals surface area (Å²) in [5.74, 6) is 0.185. The van der Waals surface area contributed by atoms with Gasteiger partial charge in [-0.3, -0.25) is 9.59 Å². The van der Waals surface area contributed by atoms with Crippen LogP contribution in [-0.4, -0.2) is 11.6 Å². The number of rotatable bonds is 2. The van der Waals surface area contributed by atoms with Crippen molar-refractivity contribution in [1.29, 1.82) is 0 Å². The van der Waals surface area contributed by atoms with Gasteiger partial charge in [-0.25, -0.2) is 0 Å². The minimum Gasteiger partial charge on any atom is -0.299 e. The van der Waals surface area contributed by atoms with Crippen molar-refractivity contribution >= 4 is 11.6 Å². The third-order valence-electron chi connectivity index (χ3n) is 5.25. The van der Waals surface area contributed by atoms with Crippen LogP contribution in [0.4, 0.5) is 0 Å². The number of Topliss-reactive ketones (excluding diaryl/α,β-unsaturated/α-hetero) is 2. The van der Waals surface area contributed by atoms with E-state index in [0.717, 1.165) is 11.1 Å². The summed E-state index contributed by atoms with van der Waals surface area (Å²) in [4.78, 5) is 25.8. The molecule has 2 aliphatic carbocycles. The van der Waals surface area contributed by atoms with Crippen LogP contribution < -0.4 is 0 Å². The summed E-state index contributed by atoms with van der Waals surface area (Å²) in [6, 6.07) is 18.1. The van der Waals surface area contributed by atoms with Crippen LogP contribution in [0, 0.1) is 5.41 Å². The number of fused-ring (bicyclic) bond motifs is 4. The predicted octanol–water partition coefficient (Wildman–Crippen LogP) is 3.49. The van der Waals surface area contributed by atoms with E-state index in [9.17, 15) is 9.59 Å². The summed E-state index contributed by atoms with van der Waals surface area (Å²) in [5.41, 5.74) is 2.56. The number of benzene rings is 2. The second kappa shape index (κ2) is 4.91. The van der Waals surface area contributed by atoms with Gasteiger partial charge in [-0.1, -0.05) is 54.6 Å². The largest absolute Gasteiger partial charge is 0.299 e. The van der Waals surface area contributed by atoms with Gasteiger partial charge in [0, 0.05) is 12.3 Å². The van der Waals surface area contributed by atoms with Crippen LogP contribution in [0.5, 0.6) is 0 Å². The Balaban J connectivity index is 1.82. The van der Waals surface area contributed by atoms with E-state index < -0.39 is 5.41 Å². The first kappa shape index (κ1) is 13.4. The molecule has 2 unspecified atom stereocenters. The third-order valence-corrected chi connectivity index (χ3v) is 5.25.